The van der Waals surface area contributed by atoms with Gasteiger partial charge < -0.3 is 20.5 Å². The van der Waals surface area contributed by atoms with Crippen molar-refractivity contribution in [3.63, 3.8) is 0 Å². The quantitative estimate of drug-likeness (QED) is 0.563. The molecule has 0 aliphatic heterocycles. The summed E-state index contributed by atoms with van der Waals surface area (Å²) < 4.78 is 4.90. The van der Waals surface area contributed by atoms with E-state index in [0.29, 0.717) is 13.2 Å². The van der Waals surface area contributed by atoms with Crippen LogP contribution in [0.25, 0.3) is 0 Å². The zero-order chi connectivity index (χ0) is 11.7. The number of ether oxygens (including phenoxy) is 1. The van der Waals surface area contributed by atoms with E-state index in [1.54, 1.807) is 7.11 Å². The van der Waals surface area contributed by atoms with Crippen LogP contribution < -0.4 is 10.6 Å². The largest absolute Gasteiger partial charge is 0.481 e. The third-order valence-electron chi connectivity index (χ3n) is 1.69. The monoisotopic (exact) mass is 218 g/mol. The van der Waals surface area contributed by atoms with Gasteiger partial charge in [-0.05, 0) is 5.92 Å². The van der Waals surface area contributed by atoms with E-state index in [4.69, 9.17) is 9.84 Å². The molecule has 6 heteroatoms. The first-order valence-electron chi connectivity index (χ1n) is 4.78. The molecule has 0 aliphatic rings. The fourth-order valence-electron chi connectivity index (χ4n) is 0.956. The van der Waals surface area contributed by atoms with Gasteiger partial charge in [-0.25, -0.2) is 4.79 Å². The fraction of sp³-hybridized carbons (Fsp3) is 0.778. The summed E-state index contributed by atoms with van der Waals surface area (Å²) in [5.41, 5.74) is 0. The minimum absolute atomic E-state index is 0.0684. The van der Waals surface area contributed by atoms with E-state index in [2.05, 4.69) is 10.6 Å². The molecule has 1 unspecified atom stereocenters. The Morgan fingerprint density at radius 2 is 2.07 bits per heavy atom. The number of rotatable bonds is 7. The molecule has 88 valence electrons. The molecule has 0 spiro atoms. The lowest BCUT2D eigenvalue weighted by Crippen LogP contribution is -2.39. The molecule has 0 aliphatic carbocycles. The van der Waals surface area contributed by atoms with Gasteiger partial charge in [-0.2, -0.15) is 0 Å². The van der Waals surface area contributed by atoms with Gasteiger partial charge in [0.05, 0.1) is 13.0 Å². The van der Waals surface area contributed by atoms with Crippen LogP contribution in [0.1, 0.15) is 13.3 Å². The van der Waals surface area contributed by atoms with Crippen LogP contribution in [0.5, 0.6) is 0 Å². The molecular weight excluding hydrogens is 200 g/mol. The van der Waals surface area contributed by atoms with E-state index >= 15 is 0 Å². The number of nitrogens with one attached hydrogen (secondary N) is 2. The van der Waals surface area contributed by atoms with Gasteiger partial charge in [-0.15, -0.1) is 0 Å². The highest BCUT2D eigenvalue weighted by Crippen LogP contribution is 1.91. The number of carbonyl (C=O) groups excluding carboxylic acids is 1. The number of hydrogen-bond donors (Lipinski definition) is 3. The Labute approximate surface area is 89.0 Å². The summed E-state index contributed by atoms with van der Waals surface area (Å²) in [6.07, 6.45) is -0.0684. The molecule has 2 amide bonds. The first-order chi connectivity index (χ1) is 7.06. The van der Waals surface area contributed by atoms with Crippen LogP contribution in [0.15, 0.2) is 0 Å². The predicted molar refractivity (Wildman–Crippen MR) is 54.7 cm³/mol. The molecule has 0 fully saturated rings. The van der Waals surface area contributed by atoms with Crippen LogP contribution in [0.4, 0.5) is 4.79 Å². The van der Waals surface area contributed by atoms with E-state index < -0.39 is 5.97 Å². The second kappa shape index (κ2) is 8.05. The van der Waals surface area contributed by atoms with Crippen LogP contribution in [-0.4, -0.2) is 43.9 Å². The summed E-state index contributed by atoms with van der Waals surface area (Å²) in [6.45, 7) is 3.17. The number of amides is 2. The van der Waals surface area contributed by atoms with Gasteiger partial charge in [-0.1, -0.05) is 6.92 Å². The molecule has 1 atom stereocenters. The van der Waals surface area contributed by atoms with Crippen LogP contribution in [0, 0.1) is 5.92 Å². The van der Waals surface area contributed by atoms with Gasteiger partial charge in [0, 0.05) is 20.2 Å². The Hall–Kier alpha value is -1.30. The Morgan fingerprint density at radius 3 is 2.60 bits per heavy atom. The topological polar surface area (TPSA) is 87.7 Å². The highest BCUT2D eigenvalue weighted by atomic mass is 16.5. The summed E-state index contributed by atoms with van der Waals surface area (Å²) in [6, 6.07) is -0.348. The van der Waals surface area contributed by atoms with Crippen molar-refractivity contribution in [2.24, 2.45) is 5.92 Å². The van der Waals surface area contributed by atoms with Gasteiger partial charge in [0.2, 0.25) is 0 Å². The fourth-order valence-corrected chi connectivity index (χ4v) is 0.956. The molecule has 0 bridgehead atoms. The predicted octanol–water partition coefficient (Wildman–Crippen LogP) is 0.0428. The normalized spacial score (nSPS) is 11.9. The Balaban J connectivity index is 3.44. The summed E-state index contributed by atoms with van der Waals surface area (Å²) >= 11 is 0. The SMILES string of the molecule is COCC(C)CNC(=O)NCCC(=O)O. The van der Waals surface area contributed by atoms with E-state index in [9.17, 15) is 9.59 Å². The summed E-state index contributed by atoms with van der Waals surface area (Å²) in [7, 11) is 1.60. The van der Waals surface area contributed by atoms with Crippen LogP contribution in [0.2, 0.25) is 0 Å². The van der Waals surface area contributed by atoms with Crippen molar-refractivity contribution in [2.45, 2.75) is 13.3 Å². The van der Waals surface area contributed by atoms with Crippen molar-refractivity contribution in [1.82, 2.24) is 10.6 Å². The molecule has 0 aromatic heterocycles. The standard InChI is InChI=1S/C9H18N2O4/c1-7(6-15-2)5-11-9(14)10-4-3-8(12)13/h7H,3-6H2,1-2H3,(H,12,13)(H2,10,11,14). The molecule has 0 heterocycles. The molecule has 0 saturated carbocycles. The highest BCUT2D eigenvalue weighted by molar-refractivity contribution is 5.74. The Kier molecular flexibility index (Phi) is 7.35. The lowest BCUT2D eigenvalue weighted by molar-refractivity contribution is -0.136. The summed E-state index contributed by atoms with van der Waals surface area (Å²) in [5, 5.41) is 13.4. The van der Waals surface area contributed by atoms with Gasteiger partial charge in [0.15, 0.2) is 0 Å². The molecular formula is C9H18N2O4. The lowest BCUT2D eigenvalue weighted by Gasteiger charge is -2.11. The number of urea groups is 1. The maximum absolute atomic E-state index is 11.1. The first kappa shape index (κ1) is 13.7. The van der Waals surface area contributed by atoms with Gasteiger partial charge >= 0.3 is 12.0 Å². The maximum Gasteiger partial charge on any atom is 0.314 e. The first-order valence-corrected chi connectivity index (χ1v) is 4.78. The van der Waals surface area contributed by atoms with Crippen molar-refractivity contribution in [3.8, 4) is 0 Å². The van der Waals surface area contributed by atoms with E-state index in [-0.39, 0.29) is 24.9 Å². The molecule has 15 heavy (non-hydrogen) atoms. The third kappa shape index (κ3) is 9.01. The van der Waals surface area contributed by atoms with Crippen LogP contribution >= 0.6 is 0 Å². The van der Waals surface area contributed by atoms with Crippen molar-refractivity contribution in [1.29, 1.82) is 0 Å². The summed E-state index contributed by atoms with van der Waals surface area (Å²) in [4.78, 5) is 21.2. The second-order valence-electron chi connectivity index (χ2n) is 3.34. The minimum Gasteiger partial charge on any atom is -0.481 e. The van der Waals surface area contributed by atoms with Gasteiger partial charge in [0.1, 0.15) is 0 Å². The van der Waals surface area contributed by atoms with Crippen LogP contribution in [-0.2, 0) is 9.53 Å². The second-order valence-corrected chi connectivity index (χ2v) is 3.34. The minimum atomic E-state index is -0.928. The molecule has 0 rings (SSSR count). The number of hydrogen-bond acceptors (Lipinski definition) is 3. The number of carboxylic acids is 1. The van der Waals surface area contributed by atoms with Crippen molar-refractivity contribution in [3.05, 3.63) is 0 Å². The molecule has 6 nitrogen and oxygen atoms in total. The van der Waals surface area contributed by atoms with E-state index in [1.807, 2.05) is 6.92 Å². The van der Waals surface area contributed by atoms with Gasteiger partial charge in [-0.3, -0.25) is 4.79 Å². The van der Waals surface area contributed by atoms with Crippen molar-refractivity contribution < 1.29 is 19.4 Å². The highest BCUT2D eigenvalue weighted by Gasteiger charge is 2.05. The molecule has 0 radical (unpaired) electrons. The number of carbonyl (C=O) groups is 2. The molecule has 0 saturated heterocycles. The zero-order valence-corrected chi connectivity index (χ0v) is 9.08. The van der Waals surface area contributed by atoms with Crippen LogP contribution in [0.3, 0.4) is 0 Å². The maximum atomic E-state index is 11.1. The van der Waals surface area contributed by atoms with E-state index in [0.717, 1.165) is 0 Å². The molecule has 0 aromatic carbocycles. The average molecular weight is 218 g/mol. The average Bonchev–Trinajstić information content (AvgIpc) is 2.14. The Bertz CT molecular complexity index is 208. The zero-order valence-electron chi connectivity index (χ0n) is 9.08. The number of methoxy groups -OCH3 is 1. The van der Waals surface area contributed by atoms with Crippen molar-refractivity contribution in [2.75, 3.05) is 26.8 Å². The third-order valence-corrected chi connectivity index (χ3v) is 1.69. The van der Waals surface area contributed by atoms with Crippen molar-refractivity contribution >= 4 is 12.0 Å². The lowest BCUT2D eigenvalue weighted by atomic mass is 10.2. The number of aliphatic carboxylic acids is 1. The molecule has 0 aromatic rings. The molecule has 3 N–H and O–H groups in total. The smallest absolute Gasteiger partial charge is 0.314 e. The van der Waals surface area contributed by atoms with Gasteiger partial charge in [0.25, 0.3) is 0 Å². The van der Waals surface area contributed by atoms with E-state index in [1.165, 1.54) is 0 Å². The number of carboxylic acid groups (broad SMARTS) is 1. The summed E-state index contributed by atoms with van der Waals surface area (Å²) in [5.74, 6) is -0.691. The Morgan fingerprint density at radius 1 is 1.40 bits per heavy atom.